The molecule has 2 atom stereocenters. The predicted octanol–water partition coefficient (Wildman–Crippen LogP) is 2.45. The van der Waals surface area contributed by atoms with Gasteiger partial charge in [-0.25, -0.2) is 0 Å². The molecule has 2 aliphatic rings. The zero-order valence-corrected chi connectivity index (χ0v) is 15.9. The molecule has 5 nitrogen and oxygen atoms in total. The SMILES string of the molecule is O=C(c1ccc(Cl)cc1)N1CC[C@](O)(CNCC2CCCCC2)[C@@H](O)C1. The van der Waals surface area contributed by atoms with Crippen molar-refractivity contribution in [3.63, 3.8) is 0 Å². The summed E-state index contributed by atoms with van der Waals surface area (Å²) in [5.74, 6) is 0.536. The summed E-state index contributed by atoms with van der Waals surface area (Å²) in [6.07, 6.45) is 5.82. The van der Waals surface area contributed by atoms with Crippen LogP contribution in [-0.4, -0.2) is 58.9 Å². The van der Waals surface area contributed by atoms with Crippen molar-refractivity contribution < 1.29 is 15.0 Å². The third-order valence-corrected chi connectivity index (χ3v) is 6.05. The number of piperidine rings is 1. The Bertz CT molecular complexity index is 604. The van der Waals surface area contributed by atoms with Crippen LogP contribution in [0.15, 0.2) is 24.3 Å². The van der Waals surface area contributed by atoms with Gasteiger partial charge in [0.05, 0.1) is 0 Å². The Labute approximate surface area is 160 Å². The maximum atomic E-state index is 12.6. The highest BCUT2D eigenvalue weighted by Crippen LogP contribution is 2.25. The number of hydrogen-bond donors (Lipinski definition) is 3. The fourth-order valence-electron chi connectivity index (χ4n) is 4.01. The van der Waals surface area contributed by atoms with Gasteiger partial charge >= 0.3 is 0 Å². The number of rotatable bonds is 5. The van der Waals surface area contributed by atoms with E-state index in [1.54, 1.807) is 29.2 Å². The number of carbonyl (C=O) groups excluding carboxylic acids is 1. The number of hydrogen-bond acceptors (Lipinski definition) is 4. The maximum absolute atomic E-state index is 12.6. The quantitative estimate of drug-likeness (QED) is 0.733. The fourth-order valence-corrected chi connectivity index (χ4v) is 4.14. The second-order valence-corrected chi connectivity index (χ2v) is 8.20. The summed E-state index contributed by atoms with van der Waals surface area (Å²) >= 11 is 5.86. The summed E-state index contributed by atoms with van der Waals surface area (Å²) < 4.78 is 0. The van der Waals surface area contributed by atoms with Crippen LogP contribution in [0.5, 0.6) is 0 Å². The van der Waals surface area contributed by atoms with Gasteiger partial charge in [-0.05, 0) is 56.0 Å². The molecule has 0 aromatic heterocycles. The molecule has 3 rings (SSSR count). The van der Waals surface area contributed by atoms with Crippen molar-refractivity contribution in [3.05, 3.63) is 34.9 Å². The van der Waals surface area contributed by atoms with Crippen molar-refractivity contribution in [3.8, 4) is 0 Å². The highest BCUT2D eigenvalue weighted by molar-refractivity contribution is 6.30. The zero-order chi connectivity index (χ0) is 18.6. The Morgan fingerprint density at radius 3 is 2.58 bits per heavy atom. The van der Waals surface area contributed by atoms with Crippen molar-refractivity contribution in [2.75, 3.05) is 26.2 Å². The van der Waals surface area contributed by atoms with Gasteiger partial charge in [-0.1, -0.05) is 30.9 Å². The molecule has 1 amide bonds. The van der Waals surface area contributed by atoms with Gasteiger partial charge in [0, 0.05) is 30.2 Å². The van der Waals surface area contributed by atoms with Crippen LogP contribution in [0.2, 0.25) is 5.02 Å². The van der Waals surface area contributed by atoms with E-state index in [4.69, 9.17) is 11.6 Å². The molecule has 1 saturated carbocycles. The summed E-state index contributed by atoms with van der Waals surface area (Å²) in [6.45, 7) is 1.83. The third kappa shape index (κ3) is 4.77. The topological polar surface area (TPSA) is 72.8 Å². The molecule has 6 heteroatoms. The number of benzene rings is 1. The molecule has 1 aliphatic heterocycles. The van der Waals surface area contributed by atoms with E-state index < -0.39 is 11.7 Å². The number of nitrogens with zero attached hydrogens (tertiary/aromatic N) is 1. The maximum Gasteiger partial charge on any atom is 0.253 e. The van der Waals surface area contributed by atoms with E-state index in [0.29, 0.717) is 36.0 Å². The normalized spacial score (nSPS) is 27.5. The average Bonchev–Trinajstić information content (AvgIpc) is 2.65. The minimum Gasteiger partial charge on any atom is -0.388 e. The average molecular weight is 381 g/mol. The number of halogens is 1. The number of amides is 1. The Kier molecular flexibility index (Phi) is 6.56. The van der Waals surface area contributed by atoms with Crippen LogP contribution in [0.1, 0.15) is 48.9 Å². The van der Waals surface area contributed by atoms with Gasteiger partial charge < -0.3 is 20.4 Å². The van der Waals surface area contributed by atoms with E-state index in [-0.39, 0.29) is 12.5 Å². The highest BCUT2D eigenvalue weighted by Gasteiger charge is 2.41. The first-order chi connectivity index (χ1) is 12.5. The van der Waals surface area contributed by atoms with Crippen molar-refractivity contribution in [1.29, 1.82) is 0 Å². The Hall–Kier alpha value is -1.14. The number of β-amino-alcohol motifs (C(OH)–C–C–N with tert-alkyl or cyclic N) is 1. The van der Waals surface area contributed by atoms with Gasteiger partial charge in [0.25, 0.3) is 5.91 Å². The minimum absolute atomic E-state index is 0.141. The highest BCUT2D eigenvalue weighted by atomic mass is 35.5. The summed E-state index contributed by atoms with van der Waals surface area (Å²) in [7, 11) is 0. The summed E-state index contributed by atoms with van der Waals surface area (Å²) in [5, 5.41) is 25.2. The number of likely N-dealkylation sites (tertiary alicyclic amines) is 1. The molecule has 0 bridgehead atoms. The van der Waals surface area contributed by atoms with E-state index in [2.05, 4.69) is 5.32 Å². The number of aliphatic hydroxyl groups excluding tert-OH is 1. The van der Waals surface area contributed by atoms with E-state index in [1.165, 1.54) is 32.1 Å². The molecule has 1 aliphatic carbocycles. The standard InChI is InChI=1S/C20H29ClN2O3/c21-17-8-6-16(7-9-17)19(25)23-11-10-20(26,18(24)13-23)14-22-12-15-4-2-1-3-5-15/h6-9,15,18,22,24,26H,1-5,10-14H2/t18-,20-/m0/s1. The van der Waals surface area contributed by atoms with Crippen LogP contribution in [0.3, 0.4) is 0 Å². The van der Waals surface area contributed by atoms with Gasteiger partial charge in [-0.2, -0.15) is 0 Å². The van der Waals surface area contributed by atoms with Gasteiger partial charge in [-0.15, -0.1) is 0 Å². The molecule has 1 aromatic rings. The Balaban J connectivity index is 1.50. The molecular weight excluding hydrogens is 352 g/mol. The first-order valence-electron chi connectivity index (χ1n) is 9.64. The molecular formula is C20H29ClN2O3. The van der Waals surface area contributed by atoms with Gasteiger partial charge in [0.15, 0.2) is 0 Å². The second kappa shape index (κ2) is 8.70. The smallest absolute Gasteiger partial charge is 0.253 e. The van der Waals surface area contributed by atoms with Crippen molar-refractivity contribution in [1.82, 2.24) is 10.2 Å². The van der Waals surface area contributed by atoms with Crippen molar-refractivity contribution >= 4 is 17.5 Å². The van der Waals surface area contributed by atoms with Gasteiger partial charge in [0.1, 0.15) is 11.7 Å². The van der Waals surface area contributed by atoms with Crippen molar-refractivity contribution in [2.24, 2.45) is 5.92 Å². The minimum atomic E-state index is -1.18. The van der Waals surface area contributed by atoms with Crippen LogP contribution >= 0.6 is 11.6 Å². The molecule has 0 radical (unpaired) electrons. The van der Waals surface area contributed by atoms with E-state index >= 15 is 0 Å². The van der Waals surface area contributed by atoms with E-state index in [0.717, 1.165) is 6.54 Å². The molecule has 1 aromatic carbocycles. The molecule has 26 heavy (non-hydrogen) atoms. The number of aliphatic hydroxyl groups is 2. The molecule has 0 spiro atoms. The van der Waals surface area contributed by atoms with Crippen LogP contribution in [0.25, 0.3) is 0 Å². The van der Waals surface area contributed by atoms with Crippen molar-refractivity contribution in [2.45, 2.75) is 50.2 Å². The third-order valence-electron chi connectivity index (χ3n) is 5.80. The molecule has 0 unspecified atom stereocenters. The van der Waals surface area contributed by atoms with Crippen LogP contribution in [0.4, 0.5) is 0 Å². The first kappa shape index (κ1) is 19.6. The fraction of sp³-hybridized carbons (Fsp3) is 0.650. The lowest BCUT2D eigenvalue weighted by Gasteiger charge is -2.42. The monoisotopic (exact) mass is 380 g/mol. The lowest BCUT2D eigenvalue weighted by Crippen LogP contribution is -2.60. The predicted molar refractivity (Wildman–Crippen MR) is 102 cm³/mol. The first-order valence-corrected chi connectivity index (χ1v) is 10.0. The number of carbonyl (C=O) groups is 1. The van der Waals surface area contributed by atoms with Crippen LogP contribution < -0.4 is 5.32 Å². The Morgan fingerprint density at radius 1 is 1.23 bits per heavy atom. The molecule has 144 valence electrons. The molecule has 1 saturated heterocycles. The van der Waals surface area contributed by atoms with Crippen LogP contribution in [0, 0.1) is 5.92 Å². The number of nitrogens with one attached hydrogen (secondary N) is 1. The largest absolute Gasteiger partial charge is 0.388 e. The zero-order valence-electron chi connectivity index (χ0n) is 15.2. The van der Waals surface area contributed by atoms with E-state index in [9.17, 15) is 15.0 Å². The van der Waals surface area contributed by atoms with Crippen LogP contribution in [-0.2, 0) is 0 Å². The molecule has 3 N–H and O–H groups in total. The summed E-state index contributed by atoms with van der Waals surface area (Å²) in [6, 6.07) is 6.73. The van der Waals surface area contributed by atoms with E-state index in [1.807, 2.05) is 0 Å². The summed E-state index contributed by atoms with van der Waals surface area (Å²) in [5.41, 5.74) is -0.631. The Morgan fingerprint density at radius 2 is 1.92 bits per heavy atom. The van der Waals surface area contributed by atoms with Gasteiger partial charge in [0.2, 0.25) is 0 Å². The molecule has 1 heterocycles. The second-order valence-electron chi connectivity index (χ2n) is 7.76. The summed E-state index contributed by atoms with van der Waals surface area (Å²) in [4.78, 5) is 14.2. The lowest BCUT2D eigenvalue weighted by molar-refractivity contribution is -0.110. The molecule has 2 fully saturated rings. The lowest BCUT2D eigenvalue weighted by atomic mass is 9.86. The van der Waals surface area contributed by atoms with Gasteiger partial charge in [-0.3, -0.25) is 4.79 Å².